The average molecular weight is 363 g/mol. The maximum Gasteiger partial charge on any atom is 0.363 e. The van der Waals surface area contributed by atoms with E-state index in [9.17, 15) is 4.79 Å². The highest BCUT2D eigenvalue weighted by molar-refractivity contribution is 9.10. The summed E-state index contributed by atoms with van der Waals surface area (Å²) in [4.78, 5) is 16.1. The van der Waals surface area contributed by atoms with E-state index >= 15 is 0 Å². The van der Waals surface area contributed by atoms with Crippen molar-refractivity contribution >= 4 is 45.5 Å². The van der Waals surface area contributed by atoms with E-state index < -0.39 is 5.97 Å². The van der Waals surface area contributed by atoms with Crippen molar-refractivity contribution in [3.8, 4) is 0 Å². The molecule has 1 aliphatic rings. The summed E-state index contributed by atoms with van der Waals surface area (Å²) in [5.74, 6) is -0.207. The van der Waals surface area contributed by atoms with Gasteiger partial charge in [0.05, 0.1) is 0 Å². The molecule has 0 radical (unpaired) electrons. The standard InChI is InChI=1S/C16H9BrClNO2/c17-13-7-2-1-4-10(13)9-14-16(20)21-15(19-14)11-5-3-6-12(18)8-11/h1-9H. The van der Waals surface area contributed by atoms with Gasteiger partial charge in [-0.1, -0.05) is 51.8 Å². The third-order valence-electron chi connectivity index (χ3n) is 2.89. The fourth-order valence-corrected chi connectivity index (χ4v) is 2.48. The summed E-state index contributed by atoms with van der Waals surface area (Å²) in [6.45, 7) is 0. The number of carbonyl (C=O) groups is 1. The van der Waals surface area contributed by atoms with Crippen molar-refractivity contribution in [1.29, 1.82) is 0 Å². The molecule has 1 heterocycles. The molecule has 2 aromatic rings. The van der Waals surface area contributed by atoms with Gasteiger partial charge in [0.1, 0.15) is 0 Å². The predicted octanol–water partition coefficient (Wildman–Crippen LogP) is 4.45. The molecule has 0 spiro atoms. The Morgan fingerprint density at radius 2 is 1.95 bits per heavy atom. The van der Waals surface area contributed by atoms with E-state index in [1.54, 1.807) is 30.3 Å². The summed E-state index contributed by atoms with van der Waals surface area (Å²) in [5, 5.41) is 0.564. The number of cyclic esters (lactones) is 1. The number of ether oxygens (including phenoxy) is 1. The lowest BCUT2D eigenvalue weighted by atomic mass is 10.2. The van der Waals surface area contributed by atoms with E-state index in [2.05, 4.69) is 20.9 Å². The number of rotatable bonds is 2. The van der Waals surface area contributed by atoms with Gasteiger partial charge in [-0.3, -0.25) is 0 Å². The second-order valence-corrected chi connectivity index (χ2v) is 5.66. The average Bonchev–Trinajstić information content (AvgIpc) is 2.83. The van der Waals surface area contributed by atoms with E-state index in [0.717, 1.165) is 10.0 Å². The van der Waals surface area contributed by atoms with Crippen molar-refractivity contribution < 1.29 is 9.53 Å². The van der Waals surface area contributed by atoms with Gasteiger partial charge in [-0.2, -0.15) is 0 Å². The second kappa shape index (κ2) is 5.84. The van der Waals surface area contributed by atoms with Crippen molar-refractivity contribution in [1.82, 2.24) is 0 Å². The van der Waals surface area contributed by atoms with Gasteiger partial charge < -0.3 is 4.74 Å². The van der Waals surface area contributed by atoms with Crippen LogP contribution in [0.5, 0.6) is 0 Å². The van der Waals surface area contributed by atoms with Crippen LogP contribution in [0.2, 0.25) is 5.02 Å². The number of hydrogen-bond acceptors (Lipinski definition) is 3. The van der Waals surface area contributed by atoms with Gasteiger partial charge in [0.25, 0.3) is 0 Å². The van der Waals surface area contributed by atoms with E-state index in [1.807, 2.05) is 24.3 Å². The van der Waals surface area contributed by atoms with Crippen LogP contribution in [0.1, 0.15) is 11.1 Å². The second-order valence-electron chi connectivity index (χ2n) is 4.37. The molecule has 0 fully saturated rings. The summed E-state index contributed by atoms with van der Waals surface area (Å²) in [6.07, 6.45) is 1.68. The minimum Gasteiger partial charge on any atom is -0.402 e. The molecule has 3 nitrogen and oxygen atoms in total. The number of esters is 1. The third kappa shape index (κ3) is 3.06. The van der Waals surface area contributed by atoms with Crippen LogP contribution in [-0.4, -0.2) is 11.9 Å². The van der Waals surface area contributed by atoms with Crippen LogP contribution in [-0.2, 0) is 9.53 Å². The summed E-state index contributed by atoms with van der Waals surface area (Å²) >= 11 is 9.36. The summed E-state index contributed by atoms with van der Waals surface area (Å²) < 4.78 is 6.08. The number of aliphatic imine (C=N–C) groups is 1. The highest BCUT2D eigenvalue weighted by Crippen LogP contribution is 2.24. The zero-order chi connectivity index (χ0) is 14.8. The Bertz CT molecular complexity index is 783. The monoisotopic (exact) mass is 361 g/mol. The molecule has 0 N–H and O–H groups in total. The Morgan fingerprint density at radius 3 is 2.71 bits per heavy atom. The number of benzene rings is 2. The molecule has 0 saturated carbocycles. The van der Waals surface area contributed by atoms with Crippen LogP contribution in [0, 0.1) is 0 Å². The zero-order valence-electron chi connectivity index (χ0n) is 10.7. The van der Waals surface area contributed by atoms with E-state index in [1.165, 1.54) is 0 Å². The normalized spacial score (nSPS) is 16.0. The van der Waals surface area contributed by atoms with Crippen LogP contribution >= 0.6 is 27.5 Å². The van der Waals surface area contributed by atoms with Gasteiger partial charge in [-0.15, -0.1) is 0 Å². The molecule has 0 aliphatic carbocycles. The van der Waals surface area contributed by atoms with E-state index in [-0.39, 0.29) is 11.6 Å². The number of halogens is 2. The molecule has 0 amide bonds. The Morgan fingerprint density at radius 1 is 1.14 bits per heavy atom. The summed E-state index contributed by atoms with van der Waals surface area (Å²) in [5.41, 5.74) is 1.80. The summed E-state index contributed by atoms with van der Waals surface area (Å²) in [6, 6.07) is 14.6. The largest absolute Gasteiger partial charge is 0.402 e. The van der Waals surface area contributed by atoms with Crippen LogP contribution < -0.4 is 0 Å². The van der Waals surface area contributed by atoms with Gasteiger partial charge in [0.2, 0.25) is 5.90 Å². The van der Waals surface area contributed by atoms with Crippen molar-refractivity contribution in [3.63, 3.8) is 0 Å². The van der Waals surface area contributed by atoms with Crippen LogP contribution in [0.15, 0.2) is 63.7 Å². The molecule has 0 saturated heterocycles. The van der Waals surface area contributed by atoms with Crippen molar-refractivity contribution in [2.24, 2.45) is 4.99 Å². The van der Waals surface area contributed by atoms with E-state index in [4.69, 9.17) is 16.3 Å². The Balaban J connectivity index is 1.98. The molecule has 1 aliphatic heterocycles. The van der Waals surface area contributed by atoms with Gasteiger partial charge >= 0.3 is 5.97 Å². The maximum atomic E-state index is 11.9. The predicted molar refractivity (Wildman–Crippen MR) is 86.2 cm³/mol. The first-order chi connectivity index (χ1) is 10.1. The van der Waals surface area contributed by atoms with Crippen molar-refractivity contribution in [3.05, 3.63) is 74.9 Å². The van der Waals surface area contributed by atoms with Crippen LogP contribution in [0.3, 0.4) is 0 Å². The Kier molecular flexibility index (Phi) is 3.90. The lowest BCUT2D eigenvalue weighted by Crippen LogP contribution is -2.05. The first kappa shape index (κ1) is 14.0. The molecule has 104 valence electrons. The van der Waals surface area contributed by atoms with Crippen LogP contribution in [0.4, 0.5) is 0 Å². The van der Waals surface area contributed by atoms with Crippen molar-refractivity contribution in [2.45, 2.75) is 0 Å². The minimum absolute atomic E-state index is 0.261. The molecule has 0 unspecified atom stereocenters. The van der Waals surface area contributed by atoms with Gasteiger partial charge in [0.15, 0.2) is 5.70 Å². The zero-order valence-corrected chi connectivity index (χ0v) is 13.1. The molecule has 0 atom stereocenters. The quantitative estimate of drug-likeness (QED) is 0.585. The molecular weight excluding hydrogens is 354 g/mol. The van der Waals surface area contributed by atoms with Gasteiger partial charge in [0, 0.05) is 15.1 Å². The van der Waals surface area contributed by atoms with Crippen molar-refractivity contribution in [2.75, 3.05) is 0 Å². The smallest absolute Gasteiger partial charge is 0.363 e. The highest BCUT2D eigenvalue weighted by atomic mass is 79.9. The van der Waals surface area contributed by atoms with Gasteiger partial charge in [-0.05, 0) is 35.9 Å². The number of nitrogens with zero attached hydrogens (tertiary/aromatic N) is 1. The Labute approximate surface area is 135 Å². The molecule has 0 bridgehead atoms. The molecular formula is C16H9BrClNO2. The SMILES string of the molecule is O=C1OC(c2cccc(Cl)c2)=NC1=Cc1ccccc1Br. The summed E-state index contributed by atoms with van der Waals surface area (Å²) in [7, 11) is 0. The lowest BCUT2D eigenvalue weighted by Gasteiger charge is -1.99. The van der Waals surface area contributed by atoms with Crippen LogP contribution in [0.25, 0.3) is 6.08 Å². The molecule has 3 rings (SSSR count). The maximum absolute atomic E-state index is 11.9. The topological polar surface area (TPSA) is 38.7 Å². The first-order valence-electron chi connectivity index (χ1n) is 6.16. The van der Waals surface area contributed by atoms with Gasteiger partial charge in [-0.25, -0.2) is 9.79 Å². The molecule has 2 aromatic carbocycles. The first-order valence-corrected chi connectivity index (χ1v) is 7.33. The number of carbonyl (C=O) groups excluding carboxylic acids is 1. The Hall–Kier alpha value is -1.91. The third-order valence-corrected chi connectivity index (χ3v) is 3.85. The minimum atomic E-state index is -0.472. The molecule has 0 aromatic heterocycles. The highest BCUT2D eigenvalue weighted by Gasteiger charge is 2.24. The molecule has 5 heteroatoms. The molecule has 21 heavy (non-hydrogen) atoms. The fourth-order valence-electron chi connectivity index (χ4n) is 1.89. The number of hydrogen-bond donors (Lipinski definition) is 0. The van der Waals surface area contributed by atoms with E-state index in [0.29, 0.717) is 10.6 Å². The lowest BCUT2D eigenvalue weighted by molar-refractivity contribution is -0.129. The fraction of sp³-hybridized carbons (Fsp3) is 0.